The summed E-state index contributed by atoms with van der Waals surface area (Å²) in [7, 11) is 0. The SMILES string of the molecule is CC1CCNCC1NC(=O)COc1ccc(F)cc1. The minimum Gasteiger partial charge on any atom is -0.484 e. The zero-order chi connectivity index (χ0) is 13.7. The molecule has 0 saturated carbocycles. The smallest absolute Gasteiger partial charge is 0.258 e. The molecule has 0 radical (unpaired) electrons. The van der Waals surface area contributed by atoms with E-state index in [2.05, 4.69) is 17.6 Å². The number of amides is 1. The van der Waals surface area contributed by atoms with Gasteiger partial charge in [-0.3, -0.25) is 4.79 Å². The number of ether oxygens (including phenoxy) is 1. The largest absolute Gasteiger partial charge is 0.484 e. The summed E-state index contributed by atoms with van der Waals surface area (Å²) in [5, 5.41) is 6.20. The summed E-state index contributed by atoms with van der Waals surface area (Å²) in [6.07, 6.45) is 1.06. The molecule has 5 heteroatoms. The molecular formula is C14H19FN2O2. The third-order valence-electron chi connectivity index (χ3n) is 3.36. The Morgan fingerprint density at radius 3 is 2.89 bits per heavy atom. The zero-order valence-electron chi connectivity index (χ0n) is 11.0. The Kier molecular flexibility index (Phi) is 4.74. The molecule has 0 spiro atoms. The van der Waals surface area contributed by atoms with Gasteiger partial charge in [0, 0.05) is 12.6 Å². The fourth-order valence-corrected chi connectivity index (χ4v) is 2.11. The highest BCUT2D eigenvalue weighted by molar-refractivity contribution is 5.77. The van der Waals surface area contributed by atoms with Gasteiger partial charge in [0.1, 0.15) is 11.6 Å². The fraction of sp³-hybridized carbons (Fsp3) is 0.500. The summed E-state index contributed by atoms with van der Waals surface area (Å²) >= 11 is 0. The molecule has 2 N–H and O–H groups in total. The number of hydrogen-bond donors (Lipinski definition) is 2. The summed E-state index contributed by atoms with van der Waals surface area (Å²) < 4.78 is 18.0. The minimum atomic E-state index is -0.320. The second-order valence-electron chi connectivity index (χ2n) is 4.89. The van der Waals surface area contributed by atoms with E-state index in [0.717, 1.165) is 19.5 Å². The molecule has 4 nitrogen and oxygen atoms in total. The van der Waals surface area contributed by atoms with Gasteiger partial charge in [-0.2, -0.15) is 0 Å². The lowest BCUT2D eigenvalue weighted by molar-refractivity contribution is -0.124. The van der Waals surface area contributed by atoms with E-state index < -0.39 is 0 Å². The van der Waals surface area contributed by atoms with Crippen LogP contribution in [0, 0.1) is 11.7 Å². The number of hydrogen-bond acceptors (Lipinski definition) is 3. The van der Waals surface area contributed by atoms with Crippen LogP contribution in [0.3, 0.4) is 0 Å². The first-order valence-electron chi connectivity index (χ1n) is 6.53. The van der Waals surface area contributed by atoms with Gasteiger partial charge in [-0.05, 0) is 43.1 Å². The molecule has 0 aromatic heterocycles. The molecule has 0 bridgehead atoms. The molecule has 2 rings (SSSR count). The normalized spacial score (nSPS) is 22.8. The Labute approximate surface area is 112 Å². The van der Waals surface area contributed by atoms with E-state index >= 15 is 0 Å². The molecule has 2 atom stereocenters. The van der Waals surface area contributed by atoms with Gasteiger partial charge in [-0.25, -0.2) is 4.39 Å². The monoisotopic (exact) mass is 266 g/mol. The standard InChI is InChI=1S/C14H19FN2O2/c1-10-6-7-16-8-13(10)17-14(18)9-19-12-4-2-11(15)3-5-12/h2-5,10,13,16H,6-9H2,1H3,(H,17,18). The van der Waals surface area contributed by atoms with E-state index in [-0.39, 0.29) is 24.4 Å². The van der Waals surface area contributed by atoms with Crippen molar-refractivity contribution in [1.29, 1.82) is 0 Å². The van der Waals surface area contributed by atoms with Crippen LogP contribution in [0.1, 0.15) is 13.3 Å². The summed E-state index contributed by atoms with van der Waals surface area (Å²) in [5.74, 6) is 0.492. The molecule has 1 heterocycles. The van der Waals surface area contributed by atoms with Crippen LogP contribution in [-0.4, -0.2) is 31.6 Å². The lowest BCUT2D eigenvalue weighted by Gasteiger charge is -2.30. The summed E-state index contributed by atoms with van der Waals surface area (Å²) in [4.78, 5) is 11.8. The number of rotatable bonds is 4. The maximum absolute atomic E-state index is 12.7. The van der Waals surface area contributed by atoms with Gasteiger partial charge in [0.05, 0.1) is 0 Å². The highest BCUT2D eigenvalue weighted by atomic mass is 19.1. The highest BCUT2D eigenvalue weighted by Gasteiger charge is 2.22. The molecule has 1 aliphatic heterocycles. The number of carbonyl (C=O) groups excluding carboxylic acids is 1. The molecule has 1 aromatic rings. The lowest BCUT2D eigenvalue weighted by Crippen LogP contribution is -2.51. The van der Waals surface area contributed by atoms with E-state index in [1.807, 2.05) is 0 Å². The second-order valence-corrected chi connectivity index (χ2v) is 4.89. The predicted molar refractivity (Wildman–Crippen MR) is 70.5 cm³/mol. The minimum absolute atomic E-state index is 0.0468. The third-order valence-corrected chi connectivity index (χ3v) is 3.36. The lowest BCUT2D eigenvalue weighted by atomic mass is 9.95. The van der Waals surface area contributed by atoms with E-state index in [1.165, 1.54) is 24.3 Å². The zero-order valence-corrected chi connectivity index (χ0v) is 11.0. The van der Waals surface area contributed by atoms with E-state index in [4.69, 9.17) is 4.74 Å². The fourth-order valence-electron chi connectivity index (χ4n) is 2.11. The van der Waals surface area contributed by atoms with Crippen molar-refractivity contribution in [2.24, 2.45) is 5.92 Å². The van der Waals surface area contributed by atoms with Crippen LogP contribution in [0.5, 0.6) is 5.75 Å². The molecular weight excluding hydrogens is 247 g/mol. The van der Waals surface area contributed by atoms with Crippen molar-refractivity contribution in [3.63, 3.8) is 0 Å². The van der Waals surface area contributed by atoms with Crippen LogP contribution in [0.2, 0.25) is 0 Å². The Bertz CT molecular complexity index is 422. The number of carbonyl (C=O) groups is 1. The van der Waals surface area contributed by atoms with Crippen molar-refractivity contribution >= 4 is 5.91 Å². The van der Waals surface area contributed by atoms with E-state index in [1.54, 1.807) is 0 Å². The van der Waals surface area contributed by atoms with Gasteiger partial charge in [-0.1, -0.05) is 6.92 Å². The van der Waals surface area contributed by atoms with Crippen LogP contribution in [0.25, 0.3) is 0 Å². The van der Waals surface area contributed by atoms with Crippen LogP contribution >= 0.6 is 0 Å². The quantitative estimate of drug-likeness (QED) is 0.864. The number of nitrogens with one attached hydrogen (secondary N) is 2. The van der Waals surface area contributed by atoms with Crippen LogP contribution in [-0.2, 0) is 4.79 Å². The van der Waals surface area contributed by atoms with Crippen molar-refractivity contribution in [1.82, 2.24) is 10.6 Å². The van der Waals surface area contributed by atoms with Gasteiger partial charge < -0.3 is 15.4 Å². The first-order chi connectivity index (χ1) is 9.15. The van der Waals surface area contributed by atoms with Crippen LogP contribution in [0.15, 0.2) is 24.3 Å². The molecule has 1 saturated heterocycles. The highest BCUT2D eigenvalue weighted by Crippen LogP contribution is 2.12. The molecule has 104 valence electrons. The number of piperidine rings is 1. The number of benzene rings is 1. The first-order valence-corrected chi connectivity index (χ1v) is 6.53. The summed E-state index contributed by atoms with van der Waals surface area (Å²) in [5.41, 5.74) is 0. The van der Waals surface area contributed by atoms with E-state index in [9.17, 15) is 9.18 Å². The van der Waals surface area contributed by atoms with Gasteiger partial charge in [0.2, 0.25) is 0 Å². The van der Waals surface area contributed by atoms with Crippen molar-refractivity contribution in [3.05, 3.63) is 30.1 Å². The Morgan fingerprint density at radius 2 is 2.21 bits per heavy atom. The molecule has 2 unspecified atom stereocenters. The first kappa shape index (κ1) is 13.8. The van der Waals surface area contributed by atoms with Gasteiger partial charge >= 0.3 is 0 Å². The van der Waals surface area contributed by atoms with Gasteiger partial charge in [-0.15, -0.1) is 0 Å². The van der Waals surface area contributed by atoms with Crippen LogP contribution < -0.4 is 15.4 Å². The molecule has 19 heavy (non-hydrogen) atoms. The average Bonchev–Trinajstić information content (AvgIpc) is 2.41. The van der Waals surface area contributed by atoms with Gasteiger partial charge in [0.15, 0.2) is 6.61 Å². The Hall–Kier alpha value is -1.62. The Balaban J connectivity index is 1.76. The molecule has 1 aromatic carbocycles. The van der Waals surface area contributed by atoms with E-state index in [0.29, 0.717) is 11.7 Å². The molecule has 1 amide bonds. The summed E-state index contributed by atoms with van der Waals surface area (Å²) in [6, 6.07) is 5.78. The topological polar surface area (TPSA) is 50.4 Å². The maximum Gasteiger partial charge on any atom is 0.258 e. The molecule has 0 aliphatic carbocycles. The van der Waals surface area contributed by atoms with Crippen molar-refractivity contribution in [2.45, 2.75) is 19.4 Å². The van der Waals surface area contributed by atoms with Crippen molar-refractivity contribution in [2.75, 3.05) is 19.7 Å². The molecule has 1 fully saturated rings. The van der Waals surface area contributed by atoms with Gasteiger partial charge in [0.25, 0.3) is 5.91 Å². The molecule has 1 aliphatic rings. The Morgan fingerprint density at radius 1 is 1.47 bits per heavy atom. The van der Waals surface area contributed by atoms with Crippen molar-refractivity contribution in [3.8, 4) is 5.75 Å². The van der Waals surface area contributed by atoms with Crippen LogP contribution in [0.4, 0.5) is 4.39 Å². The predicted octanol–water partition coefficient (Wildman–Crippen LogP) is 1.32. The second kappa shape index (κ2) is 6.52. The average molecular weight is 266 g/mol. The summed E-state index contributed by atoms with van der Waals surface area (Å²) in [6.45, 7) is 3.88. The number of halogens is 1. The van der Waals surface area contributed by atoms with Crippen molar-refractivity contribution < 1.29 is 13.9 Å². The third kappa shape index (κ3) is 4.21. The maximum atomic E-state index is 12.7.